The van der Waals surface area contributed by atoms with Crippen molar-refractivity contribution < 1.29 is 9.47 Å². The van der Waals surface area contributed by atoms with Crippen LogP contribution in [0.5, 0.6) is 0 Å². The van der Waals surface area contributed by atoms with E-state index < -0.39 is 0 Å². The first-order valence-corrected chi connectivity index (χ1v) is 7.42. The molecule has 0 N–H and O–H groups in total. The summed E-state index contributed by atoms with van der Waals surface area (Å²) in [7, 11) is 0. The minimum atomic E-state index is 0.0320. The minimum absolute atomic E-state index is 0.0320. The maximum Gasteiger partial charge on any atom is 0.158 e. The number of hydrogen-bond donors (Lipinski definition) is 0. The first-order chi connectivity index (χ1) is 9.42. The van der Waals surface area contributed by atoms with Gasteiger partial charge >= 0.3 is 0 Å². The zero-order valence-corrected chi connectivity index (χ0v) is 11.5. The topological polar surface area (TPSA) is 21.7 Å². The average molecular weight is 261 g/mol. The fourth-order valence-electron chi connectivity index (χ4n) is 3.02. The molecule has 1 aromatic rings. The highest BCUT2D eigenvalue weighted by Crippen LogP contribution is 2.27. The third-order valence-electron chi connectivity index (χ3n) is 4.12. The number of nitrogens with zero attached hydrogens (tertiary/aromatic N) is 1. The molecule has 0 saturated carbocycles. The van der Waals surface area contributed by atoms with E-state index in [1.165, 1.54) is 25.1 Å². The maximum absolute atomic E-state index is 5.60. The van der Waals surface area contributed by atoms with Crippen molar-refractivity contribution in [3.8, 4) is 0 Å². The SMILES string of the molecule is c1ccc(C2CCN(CCC3OCCCO3)C2)cc1. The van der Waals surface area contributed by atoms with Crippen LogP contribution in [0, 0.1) is 0 Å². The van der Waals surface area contributed by atoms with Crippen molar-refractivity contribution in [2.75, 3.05) is 32.8 Å². The highest BCUT2D eigenvalue weighted by atomic mass is 16.7. The number of hydrogen-bond acceptors (Lipinski definition) is 3. The van der Waals surface area contributed by atoms with Crippen LogP contribution in [0.2, 0.25) is 0 Å². The van der Waals surface area contributed by atoms with Gasteiger partial charge in [0.05, 0.1) is 13.2 Å². The van der Waals surface area contributed by atoms with Crippen molar-refractivity contribution in [2.45, 2.75) is 31.5 Å². The van der Waals surface area contributed by atoms with Crippen molar-refractivity contribution in [3.05, 3.63) is 35.9 Å². The number of likely N-dealkylation sites (tertiary alicyclic amines) is 1. The monoisotopic (exact) mass is 261 g/mol. The molecule has 0 amide bonds. The Balaban J connectivity index is 1.44. The molecule has 104 valence electrons. The first kappa shape index (κ1) is 13.1. The minimum Gasteiger partial charge on any atom is -0.353 e. The molecule has 2 aliphatic rings. The summed E-state index contributed by atoms with van der Waals surface area (Å²) >= 11 is 0. The third kappa shape index (κ3) is 3.56. The van der Waals surface area contributed by atoms with Gasteiger partial charge in [0, 0.05) is 19.5 Å². The van der Waals surface area contributed by atoms with Crippen molar-refractivity contribution in [1.82, 2.24) is 4.90 Å². The molecule has 2 fully saturated rings. The summed E-state index contributed by atoms with van der Waals surface area (Å²) in [5.41, 5.74) is 1.48. The lowest BCUT2D eigenvalue weighted by Gasteiger charge is -2.25. The van der Waals surface area contributed by atoms with Gasteiger partial charge in [0.15, 0.2) is 6.29 Å². The van der Waals surface area contributed by atoms with Crippen LogP contribution in [0.3, 0.4) is 0 Å². The molecule has 1 atom stereocenters. The Morgan fingerprint density at radius 2 is 1.89 bits per heavy atom. The molecule has 1 unspecified atom stereocenters. The van der Waals surface area contributed by atoms with Gasteiger partial charge in [-0.1, -0.05) is 30.3 Å². The molecule has 0 bridgehead atoms. The fourth-order valence-corrected chi connectivity index (χ4v) is 3.02. The smallest absolute Gasteiger partial charge is 0.158 e. The molecule has 3 heteroatoms. The second-order valence-electron chi connectivity index (χ2n) is 5.51. The van der Waals surface area contributed by atoms with E-state index in [2.05, 4.69) is 35.2 Å². The van der Waals surface area contributed by atoms with E-state index >= 15 is 0 Å². The molecule has 2 saturated heterocycles. The molecular weight excluding hydrogens is 238 g/mol. The van der Waals surface area contributed by atoms with Crippen LogP contribution >= 0.6 is 0 Å². The normalized spacial score (nSPS) is 25.8. The van der Waals surface area contributed by atoms with E-state index in [1.54, 1.807) is 0 Å². The van der Waals surface area contributed by atoms with Gasteiger partial charge < -0.3 is 14.4 Å². The predicted octanol–water partition coefficient (Wildman–Crippen LogP) is 2.63. The average Bonchev–Trinajstić information content (AvgIpc) is 2.96. The Kier molecular flexibility index (Phi) is 4.49. The summed E-state index contributed by atoms with van der Waals surface area (Å²) < 4.78 is 11.2. The zero-order valence-electron chi connectivity index (χ0n) is 11.5. The summed E-state index contributed by atoms with van der Waals surface area (Å²) in [5, 5.41) is 0. The number of ether oxygens (including phenoxy) is 2. The fraction of sp³-hybridized carbons (Fsp3) is 0.625. The Labute approximate surface area is 115 Å². The van der Waals surface area contributed by atoms with E-state index in [9.17, 15) is 0 Å². The molecule has 0 aromatic heterocycles. The van der Waals surface area contributed by atoms with Crippen LogP contribution in [0.4, 0.5) is 0 Å². The van der Waals surface area contributed by atoms with E-state index in [0.717, 1.165) is 32.6 Å². The van der Waals surface area contributed by atoms with Crippen molar-refractivity contribution in [2.24, 2.45) is 0 Å². The van der Waals surface area contributed by atoms with E-state index in [4.69, 9.17) is 9.47 Å². The molecule has 0 radical (unpaired) electrons. The van der Waals surface area contributed by atoms with Crippen LogP contribution in [-0.2, 0) is 9.47 Å². The highest BCUT2D eigenvalue weighted by molar-refractivity contribution is 5.20. The van der Waals surface area contributed by atoms with Gasteiger partial charge in [-0.05, 0) is 30.9 Å². The van der Waals surface area contributed by atoms with E-state index in [-0.39, 0.29) is 6.29 Å². The summed E-state index contributed by atoms with van der Waals surface area (Å²) in [4.78, 5) is 2.54. The van der Waals surface area contributed by atoms with E-state index in [1.807, 2.05) is 0 Å². The first-order valence-electron chi connectivity index (χ1n) is 7.42. The van der Waals surface area contributed by atoms with Gasteiger partial charge in [0.25, 0.3) is 0 Å². The van der Waals surface area contributed by atoms with Crippen LogP contribution in [-0.4, -0.2) is 44.0 Å². The van der Waals surface area contributed by atoms with E-state index in [0.29, 0.717) is 5.92 Å². The second-order valence-corrected chi connectivity index (χ2v) is 5.51. The quantitative estimate of drug-likeness (QED) is 0.831. The number of rotatable bonds is 4. The molecule has 0 aliphatic carbocycles. The van der Waals surface area contributed by atoms with Crippen molar-refractivity contribution in [1.29, 1.82) is 0 Å². The summed E-state index contributed by atoms with van der Waals surface area (Å²) in [6.07, 6.45) is 3.35. The zero-order chi connectivity index (χ0) is 12.9. The van der Waals surface area contributed by atoms with Gasteiger partial charge in [-0.2, -0.15) is 0 Å². The number of benzene rings is 1. The van der Waals surface area contributed by atoms with Crippen LogP contribution in [0.15, 0.2) is 30.3 Å². The predicted molar refractivity (Wildman–Crippen MR) is 75.2 cm³/mol. The van der Waals surface area contributed by atoms with Gasteiger partial charge in [-0.15, -0.1) is 0 Å². The third-order valence-corrected chi connectivity index (χ3v) is 4.12. The highest BCUT2D eigenvalue weighted by Gasteiger charge is 2.24. The van der Waals surface area contributed by atoms with Crippen LogP contribution in [0.25, 0.3) is 0 Å². The van der Waals surface area contributed by atoms with Gasteiger partial charge in [-0.3, -0.25) is 0 Å². The van der Waals surface area contributed by atoms with Gasteiger partial charge in [-0.25, -0.2) is 0 Å². The Morgan fingerprint density at radius 1 is 1.11 bits per heavy atom. The Hall–Kier alpha value is -0.900. The molecule has 19 heavy (non-hydrogen) atoms. The lowest BCUT2D eigenvalue weighted by atomic mass is 9.99. The van der Waals surface area contributed by atoms with Crippen molar-refractivity contribution >= 4 is 0 Å². The Morgan fingerprint density at radius 3 is 2.68 bits per heavy atom. The summed E-state index contributed by atoms with van der Waals surface area (Å²) in [6.45, 7) is 5.19. The lowest BCUT2D eigenvalue weighted by Crippen LogP contribution is -2.30. The summed E-state index contributed by atoms with van der Waals surface area (Å²) in [6, 6.07) is 10.9. The second kappa shape index (κ2) is 6.51. The molecule has 2 heterocycles. The van der Waals surface area contributed by atoms with Gasteiger partial charge in [0.2, 0.25) is 0 Å². The van der Waals surface area contributed by atoms with Crippen LogP contribution < -0.4 is 0 Å². The molecule has 3 nitrogen and oxygen atoms in total. The van der Waals surface area contributed by atoms with Crippen LogP contribution in [0.1, 0.15) is 30.7 Å². The standard InChI is InChI=1S/C16H23NO2/c1-2-5-14(6-3-1)15-7-9-17(13-15)10-8-16-18-11-4-12-19-16/h1-3,5-6,15-16H,4,7-13H2. The largest absolute Gasteiger partial charge is 0.353 e. The maximum atomic E-state index is 5.60. The Bertz CT molecular complexity index is 376. The molecule has 3 rings (SSSR count). The molecule has 2 aliphatic heterocycles. The molecular formula is C16H23NO2. The molecule has 0 spiro atoms. The van der Waals surface area contributed by atoms with Crippen molar-refractivity contribution in [3.63, 3.8) is 0 Å². The van der Waals surface area contributed by atoms with Gasteiger partial charge in [0.1, 0.15) is 0 Å². The lowest BCUT2D eigenvalue weighted by molar-refractivity contribution is -0.182. The molecule has 1 aromatic carbocycles. The summed E-state index contributed by atoms with van der Waals surface area (Å²) in [5.74, 6) is 0.703.